The number of rotatable bonds is 8. The lowest BCUT2D eigenvalue weighted by Crippen LogP contribution is -2.35. The van der Waals surface area contributed by atoms with Crippen LogP contribution in [0.1, 0.15) is 12.1 Å². The third-order valence-corrected chi connectivity index (χ3v) is 3.80. The zero-order valence-electron chi connectivity index (χ0n) is 12.4. The van der Waals surface area contributed by atoms with Gasteiger partial charge in [-0.15, -0.1) is 11.3 Å². The molecule has 1 aromatic carbocycles. The van der Waals surface area contributed by atoms with Gasteiger partial charge in [0.1, 0.15) is 0 Å². The number of aromatic nitrogens is 1. The standard InChI is InChI=1S/C15H18F3N3OS/c16-15(17,18)11-21(7-4-8-22)9-13-10-23-14(20-13)19-12-5-2-1-3-6-12/h1-3,5-6,10,22H,4,7-9,11H2,(H,19,20). The number of aliphatic hydroxyl groups excluding tert-OH is 1. The Morgan fingerprint density at radius 3 is 2.61 bits per heavy atom. The fraction of sp³-hybridized carbons (Fsp3) is 0.400. The summed E-state index contributed by atoms with van der Waals surface area (Å²) in [5.41, 5.74) is 1.46. The third kappa shape index (κ3) is 6.55. The lowest BCUT2D eigenvalue weighted by Gasteiger charge is -2.22. The minimum atomic E-state index is -4.27. The highest BCUT2D eigenvalue weighted by atomic mass is 32.1. The number of thiazole rings is 1. The predicted molar refractivity (Wildman–Crippen MR) is 84.9 cm³/mol. The molecule has 0 saturated heterocycles. The first kappa shape index (κ1) is 17.7. The van der Waals surface area contributed by atoms with Crippen LogP contribution in [0.15, 0.2) is 35.7 Å². The largest absolute Gasteiger partial charge is 0.401 e. The smallest absolute Gasteiger partial charge is 0.396 e. The summed E-state index contributed by atoms with van der Waals surface area (Å²) >= 11 is 1.35. The van der Waals surface area contributed by atoms with Crippen LogP contribution in [-0.4, -0.2) is 40.9 Å². The molecule has 1 heterocycles. The minimum Gasteiger partial charge on any atom is -0.396 e. The lowest BCUT2D eigenvalue weighted by molar-refractivity contribution is -0.147. The summed E-state index contributed by atoms with van der Waals surface area (Å²) in [6.07, 6.45) is -3.97. The van der Waals surface area contributed by atoms with Crippen LogP contribution in [0.2, 0.25) is 0 Å². The van der Waals surface area contributed by atoms with Gasteiger partial charge in [0.25, 0.3) is 0 Å². The quantitative estimate of drug-likeness (QED) is 0.767. The van der Waals surface area contributed by atoms with E-state index in [-0.39, 0.29) is 19.7 Å². The summed E-state index contributed by atoms with van der Waals surface area (Å²) in [7, 11) is 0. The molecule has 0 amide bonds. The van der Waals surface area contributed by atoms with Gasteiger partial charge in [-0.3, -0.25) is 4.90 Å². The monoisotopic (exact) mass is 345 g/mol. The van der Waals surface area contributed by atoms with Crippen molar-refractivity contribution in [3.63, 3.8) is 0 Å². The van der Waals surface area contributed by atoms with Crippen LogP contribution in [0.5, 0.6) is 0 Å². The van der Waals surface area contributed by atoms with Gasteiger partial charge in [0.05, 0.1) is 12.2 Å². The highest BCUT2D eigenvalue weighted by Crippen LogP contribution is 2.23. The Labute approximate surface area is 136 Å². The van der Waals surface area contributed by atoms with E-state index >= 15 is 0 Å². The van der Waals surface area contributed by atoms with Gasteiger partial charge < -0.3 is 10.4 Å². The lowest BCUT2D eigenvalue weighted by atomic mass is 10.3. The van der Waals surface area contributed by atoms with Gasteiger partial charge in [-0.1, -0.05) is 18.2 Å². The molecule has 0 spiro atoms. The summed E-state index contributed by atoms with van der Waals surface area (Å²) in [5, 5.41) is 14.3. The van der Waals surface area contributed by atoms with Gasteiger partial charge in [0.2, 0.25) is 0 Å². The summed E-state index contributed by atoms with van der Waals surface area (Å²) in [4.78, 5) is 5.57. The Kier molecular flexibility index (Phi) is 6.37. The van der Waals surface area contributed by atoms with E-state index in [1.165, 1.54) is 16.2 Å². The summed E-state index contributed by atoms with van der Waals surface area (Å²) < 4.78 is 37.8. The van der Waals surface area contributed by atoms with Gasteiger partial charge >= 0.3 is 6.18 Å². The molecule has 23 heavy (non-hydrogen) atoms. The minimum absolute atomic E-state index is 0.104. The first-order chi connectivity index (χ1) is 11.0. The maximum Gasteiger partial charge on any atom is 0.401 e. The van der Waals surface area contributed by atoms with Crippen molar-refractivity contribution in [3.05, 3.63) is 41.4 Å². The molecule has 126 valence electrons. The summed E-state index contributed by atoms with van der Waals surface area (Å²) in [6, 6.07) is 9.44. The highest BCUT2D eigenvalue weighted by Gasteiger charge is 2.30. The number of anilines is 2. The number of nitrogens with zero attached hydrogens (tertiary/aromatic N) is 2. The Hall–Kier alpha value is -1.64. The van der Waals surface area contributed by atoms with Crippen LogP contribution >= 0.6 is 11.3 Å². The molecule has 4 nitrogen and oxygen atoms in total. The highest BCUT2D eigenvalue weighted by molar-refractivity contribution is 7.13. The number of benzene rings is 1. The van der Waals surface area contributed by atoms with E-state index in [4.69, 9.17) is 5.11 Å². The van der Waals surface area contributed by atoms with Crippen LogP contribution in [0, 0.1) is 0 Å². The molecule has 0 bridgehead atoms. The van der Waals surface area contributed by atoms with Crippen molar-refractivity contribution in [3.8, 4) is 0 Å². The molecule has 0 atom stereocenters. The molecule has 8 heteroatoms. The van der Waals surface area contributed by atoms with E-state index < -0.39 is 12.7 Å². The van der Waals surface area contributed by atoms with Crippen LogP contribution in [-0.2, 0) is 6.54 Å². The number of para-hydroxylation sites is 1. The van der Waals surface area contributed by atoms with Crippen LogP contribution in [0.4, 0.5) is 24.0 Å². The van der Waals surface area contributed by atoms with Gasteiger partial charge in [0, 0.05) is 30.8 Å². The zero-order chi connectivity index (χ0) is 16.7. The maximum absolute atomic E-state index is 12.6. The van der Waals surface area contributed by atoms with Crippen molar-refractivity contribution >= 4 is 22.2 Å². The number of halogens is 3. The molecular weight excluding hydrogens is 327 g/mol. The average molecular weight is 345 g/mol. The Bertz CT molecular complexity index is 589. The van der Waals surface area contributed by atoms with E-state index in [1.54, 1.807) is 5.38 Å². The SMILES string of the molecule is OCCCN(Cc1csc(Nc2ccccc2)n1)CC(F)(F)F. The Morgan fingerprint density at radius 1 is 1.22 bits per heavy atom. The zero-order valence-corrected chi connectivity index (χ0v) is 13.2. The molecule has 0 fully saturated rings. The summed E-state index contributed by atoms with van der Waals surface area (Å²) in [5.74, 6) is 0. The normalized spacial score (nSPS) is 11.9. The molecule has 0 aliphatic carbocycles. The number of aliphatic hydroxyl groups is 1. The number of hydrogen-bond acceptors (Lipinski definition) is 5. The number of alkyl halides is 3. The van der Waals surface area contributed by atoms with Gasteiger partial charge in [-0.25, -0.2) is 4.98 Å². The number of hydrogen-bond donors (Lipinski definition) is 2. The first-order valence-electron chi connectivity index (χ1n) is 7.13. The van der Waals surface area contributed by atoms with E-state index in [1.807, 2.05) is 30.3 Å². The molecule has 2 N–H and O–H groups in total. The second-order valence-corrected chi connectivity index (χ2v) is 5.90. The van der Waals surface area contributed by atoms with Gasteiger partial charge in [-0.05, 0) is 18.6 Å². The van der Waals surface area contributed by atoms with Crippen molar-refractivity contribution in [2.24, 2.45) is 0 Å². The molecule has 0 saturated carbocycles. The molecule has 0 radical (unpaired) electrons. The van der Waals surface area contributed by atoms with Gasteiger partial charge in [0.15, 0.2) is 5.13 Å². The van der Waals surface area contributed by atoms with Crippen molar-refractivity contribution in [1.82, 2.24) is 9.88 Å². The van der Waals surface area contributed by atoms with E-state index in [0.29, 0.717) is 17.2 Å². The van der Waals surface area contributed by atoms with Gasteiger partial charge in [-0.2, -0.15) is 13.2 Å². The summed E-state index contributed by atoms with van der Waals surface area (Å²) in [6.45, 7) is -0.861. The van der Waals surface area contributed by atoms with E-state index in [2.05, 4.69) is 10.3 Å². The Balaban J connectivity index is 1.97. The molecule has 1 aromatic heterocycles. The number of nitrogens with one attached hydrogen (secondary N) is 1. The fourth-order valence-corrected chi connectivity index (χ4v) is 2.79. The molecule has 2 aromatic rings. The van der Waals surface area contributed by atoms with Crippen molar-refractivity contribution in [2.75, 3.05) is 25.0 Å². The van der Waals surface area contributed by atoms with Crippen molar-refractivity contribution in [2.45, 2.75) is 19.1 Å². The molecule has 2 rings (SSSR count). The first-order valence-corrected chi connectivity index (χ1v) is 8.01. The maximum atomic E-state index is 12.6. The second-order valence-electron chi connectivity index (χ2n) is 5.04. The van der Waals surface area contributed by atoms with E-state index in [9.17, 15) is 13.2 Å². The van der Waals surface area contributed by atoms with Crippen molar-refractivity contribution < 1.29 is 18.3 Å². The third-order valence-electron chi connectivity index (χ3n) is 3.00. The fourth-order valence-electron chi connectivity index (χ4n) is 2.07. The second kappa shape index (κ2) is 8.28. The van der Waals surface area contributed by atoms with Crippen LogP contribution in [0.3, 0.4) is 0 Å². The molecular formula is C15H18F3N3OS. The van der Waals surface area contributed by atoms with Crippen LogP contribution < -0.4 is 5.32 Å². The molecule has 0 unspecified atom stereocenters. The van der Waals surface area contributed by atoms with Crippen molar-refractivity contribution in [1.29, 1.82) is 0 Å². The van der Waals surface area contributed by atoms with Crippen LogP contribution in [0.25, 0.3) is 0 Å². The van der Waals surface area contributed by atoms with E-state index in [0.717, 1.165) is 5.69 Å². The molecule has 0 aliphatic heterocycles. The molecule has 0 aliphatic rings. The Morgan fingerprint density at radius 2 is 1.96 bits per heavy atom. The average Bonchev–Trinajstić information content (AvgIpc) is 2.91. The predicted octanol–water partition coefficient (Wildman–Crippen LogP) is 3.63. The topological polar surface area (TPSA) is 48.4 Å².